The van der Waals surface area contributed by atoms with Crippen molar-refractivity contribution in [2.24, 2.45) is 11.8 Å². The quantitative estimate of drug-likeness (QED) is 0.556. The van der Waals surface area contributed by atoms with Gasteiger partial charge in [-0.1, -0.05) is 17.3 Å². The van der Waals surface area contributed by atoms with Crippen LogP contribution in [0.25, 0.3) is 11.0 Å². The van der Waals surface area contributed by atoms with Gasteiger partial charge in [0, 0.05) is 19.6 Å². The van der Waals surface area contributed by atoms with E-state index in [0.29, 0.717) is 28.6 Å². The van der Waals surface area contributed by atoms with Gasteiger partial charge in [0.05, 0.1) is 14.2 Å². The Hall–Kier alpha value is -2.82. The monoisotopic (exact) mass is 458 g/mol. The Bertz CT molecular complexity index is 1230. The number of nitrogens with zero attached hydrogens (tertiary/aromatic N) is 2. The van der Waals surface area contributed by atoms with E-state index in [2.05, 4.69) is 20.1 Å². The second-order valence-electron chi connectivity index (χ2n) is 8.33. The minimum Gasteiger partial charge on any atom is -0.496 e. The van der Waals surface area contributed by atoms with Crippen molar-refractivity contribution in [1.82, 2.24) is 15.4 Å². The molecule has 3 heterocycles. The summed E-state index contributed by atoms with van der Waals surface area (Å²) in [5.74, 6) is 2.25. The van der Waals surface area contributed by atoms with Crippen molar-refractivity contribution in [2.45, 2.75) is 11.4 Å². The Morgan fingerprint density at radius 2 is 1.84 bits per heavy atom. The van der Waals surface area contributed by atoms with E-state index >= 15 is 0 Å². The molecule has 2 aliphatic rings. The Labute approximate surface area is 186 Å². The van der Waals surface area contributed by atoms with E-state index in [1.54, 1.807) is 25.3 Å². The van der Waals surface area contributed by atoms with Crippen molar-refractivity contribution >= 4 is 26.8 Å². The Kier molecular flexibility index (Phi) is 5.44. The number of fused-ring (bicyclic) bond motifs is 2. The fourth-order valence-electron chi connectivity index (χ4n) is 4.77. The van der Waals surface area contributed by atoms with Crippen molar-refractivity contribution in [1.29, 1.82) is 0 Å². The smallest absolute Gasteiger partial charge is 0.266 e. The molecule has 2 atom stereocenters. The van der Waals surface area contributed by atoms with Gasteiger partial charge in [-0.05, 0) is 54.8 Å². The number of nitrogens with one attached hydrogen (secondary N) is 2. The summed E-state index contributed by atoms with van der Waals surface area (Å²) >= 11 is 0. The molecule has 2 aliphatic heterocycles. The van der Waals surface area contributed by atoms with Gasteiger partial charge in [-0.2, -0.15) is 0 Å². The summed E-state index contributed by atoms with van der Waals surface area (Å²) in [6.07, 6.45) is 0. The first kappa shape index (κ1) is 21.0. The maximum Gasteiger partial charge on any atom is 0.266 e. The number of hydrogen-bond donors (Lipinski definition) is 2. The van der Waals surface area contributed by atoms with E-state index in [-0.39, 0.29) is 16.5 Å². The standard InChI is InChI=1S/C22H26N4O5S/c1-29-17-5-3-4-6-20(17)32(27,28)25-22-21-18(30-2)7-14(8-19(21)31-24-22)11-26-12-15-9-23-10-16(15)13-26/h3-8,15-16,23H,9-13H2,1-2H3,(H,24,25)/t15-,16+. The number of para-hydroxylation sites is 1. The topological polar surface area (TPSA) is 106 Å². The Morgan fingerprint density at radius 3 is 2.56 bits per heavy atom. The van der Waals surface area contributed by atoms with Crippen LogP contribution < -0.4 is 19.5 Å². The third-order valence-corrected chi connectivity index (χ3v) is 7.66. The molecule has 170 valence electrons. The van der Waals surface area contributed by atoms with Gasteiger partial charge in [0.1, 0.15) is 21.8 Å². The lowest BCUT2D eigenvalue weighted by molar-refractivity contribution is 0.305. The van der Waals surface area contributed by atoms with Gasteiger partial charge in [0.25, 0.3) is 10.0 Å². The lowest BCUT2D eigenvalue weighted by Gasteiger charge is -2.17. The molecule has 2 saturated heterocycles. The SMILES string of the molecule is COc1ccccc1S(=O)(=O)Nc1noc2cc(CN3C[C@H]4CNC[C@H]4C3)cc(OC)c12. The Balaban J connectivity index is 1.43. The van der Waals surface area contributed by atoms with Gasteiger partial charge in [-0.15, -0.1) is 0 Å². The molecule has 0 radical (unpaired) electrons. The predicted octanol–water partition coefficient (Wildman–Crippen LogP) is 2.30. The number of ether oxygens (including phenoxy) is 2. The Morgan fingerprint density at radius 1 is 1.12 bits per heavy atom. The van der Waals surface area contributed by atoms with Crippen LogP contribution in [-0.4, -0.2) is 58.9 Å². The summed E-state index contributed by atoms with van der Waals surface area (Å²) in [5.41, 5.74) is 1.51. The first-order valence-corrected chi connectivity index (χ1v) is 12.0. The van der Waals surface area contributed by atoms with E-state index in [0.717, 1.165) is 38.3 Å². The fourth-order valence-corrected chi connectivity index (χ4v) is 5.95. The molecule has 3 aromatic rings. The van der Waals surface area contributed by atoms with Crippen LogP contribution in [0.1, 0.15) is 5.56 Å². The van der Waals surface area contributed by atoms with Crippen molar-refractivity contribution in [3.05, 3.63) is 42.0 Å². The zero-order chi connectivity index (χ0) is 22.3. The fraction of sp³-hybridized carbons (Fsp3) is 0.409. The van der Waals surface area contributed by atoms with Crippen molar-refractivity contribution in [3.63, 3.8) is 0 Å². The average Bonchev–Trinajstić information content (AvgIpc) is 3.48. The van der Waals surface area contributed by atoms with Crippen LogP contribution in [0.15, 0.2) is 45.8 Å². The summed E-state index contributed by atoms with van der Waals surface area (Å²) in [7, 11) is -0.971. The van der Waals surface area contributed by atoms with Gasteiger partial charge in [-0.3, -0.25) is 9.62 Å². The minimum atomic E-state index is -3.95. The molecule has 10 heteroatoms. The number of likely N-dealkylation sites (tertiary alicyclic amines) is 1. The second kappa shape index (κ2) is 8.27. The van der Waals surface area contributed by atoms with Gasteiger partial charge in [0.2, 0.25) is 0 Å². The first-order valence-electron chi connectivity index (χ1n) is 10.5. The van der Waals surface area contributed by atoms with E-state index < -0.39 is 10.0 Å². The predicted molar refractivity (Wildman–Crippen MR) is 119 cm³/mol. The molecule has 0 amide bonds. The van der Waals surface area contributed by atoms with Crippen molar-refractivity contribution in [2.75, 3.05) is 45.1 Å². The lowest BCUT2D eigenvalue weighted by atomic mass is 10.0. The summed E-state index contributed by atoms with van der Waals surface area (Å²) in [5, 5.41) is 7.92. The third-order valence-electron chi connectivity index (χ3n) is 6.28. The van der Waals surface area contributed by atoms with E-state index in [9.17, 15) is 8.42 Å². The number of benzene rings is 2. The molecule has 0 unspecified atom stereocenters. The maximum atomic E-state index is 13.0. The summed E-state index contributed by atoms with van der Waals surface area (Å²) < 4.78 is 44.8. The molecular weight excluding hydrogens is 432 g/mol. The molecule has 2 aromatic carbocycles. The molecule has 2 fully saturated rings. The molecule has 1 aromatic heterocycles. The van der Waals surface area contributed by atoms with Crippen molar-refractivity contribution < 1.29 is 22.4 Å². The zero-order valence-corrected chi connectivity index (χ0v) is 18.8. The number of rotatable bonds is 7. The molecule has 2 N–H and O–H groups in total. The highest BCUT2D eigenvalue weighted by Gasteiger charge is 2.36. The highest BCUT2D eigenvalue weighted by molar-refractivity contribution is 7.92. The number of aromatic nitrogens is 1. The van der Waals surface area contributed by atoms with Crippen LogP contribution >= 0.6 is 0 Å². The minimum absolute atomic E-state index is 0.0170. The highest BCUT2D eigenvalue weighted by atomic mass is 32.2. The number of anilines is 1. The van der Waals surface area contributed by atoms with Gasteiger partial charge in [-0.25, -0.2) is 8.42 Å². The largest absolute Gasteiger partial charge is 0.496 e. The molecule has 5 rings (SSSR count). The van der Waals surface area contributed by atoms with Crippen LogP contribution in [0.2, 0.25) is 0 Å². The van der Waals surface area contributed by atoms with Crippen molar-refractivity contribution in [3.8, 4) is 11.5 Å². The van der Waals surface area contributed by atoms with E-state index in [1.807, 2.05) is 12.1 Å². The second-order valence-corrected chi connectivity index (χ2v) is 9.98. The maximum absolute atomic E-state index is 13.0. The van der Waals surface area contributed by atoms with Gasteiger partial charge >= 0.3 is 0 Å². The van der Waals surface area contributed by atoms with E-state index in [1.165, 1.54) is 13.2 Å². The van der Waals surface area contributed by atoms with Crippen LogP contribution in [0.3, 0.4) is 0 Å². The zero-order valence-electron chi connectivity index (χ0n) is 18.0. The van der Waals surface area contributed by atoms with Crippen LogP contribution in [0, 0.1) is 11.8 Å². The van der Waals surface area contributed by atoms with Crippen LogP contribution in [0.4, 0.5) is 5.82 Å². The summed E-state index contributed by atoms with van der Waals surface area (Å²) in [6, 6.07) is 10.2. The molecule has 32 heavy (non-hydrogen) atoms. The van der Waals surface area contributed by atoms with Crippen LogP contribution in [-0.2, 0) is 16.6 Å². The number of sulfonamides is 1. The lowest BCUT2D eigenvalue weighted by Crippen LogP contribution is -2.25. The molecule has 0 saturated carbocycles. The number of hydrogen-bond acceptors (Lipinski definition) is 8. The highest BCUT2D eigenvalue weighted by Crippen LogP contribution is 2.36. The number of methoxy groups -OCH3 is 2. The first-order chi connectivity index (χ1) is 15.5. The average molecular weight is 459 g/mol. The molecule has 0 bridgehead atoms. The van der Waals surface area contributed by atoms with Gasteiger partial charge < -0.3 is 19.3 Å². The molecule has 9 nitrogen and oxygen atoms in total. The van der Waals surface area contributed by atoms with Crippen LogP contribution in [0.5, 0.6) is 11.5 Å². The van der Waals surface area contributed by atoms with E-state index in [4.69, 9.17) is 14.0 Å². The third kappa shape index (κ3) is 3.78. The molecule has 0 aliphatic carbocycles. The molecule has 0 spiro atoms. The normalized spacial score (nSPS) is 21.1. The summed E-state index contributed by atoms with van der Waals surface area (Å²) in [6.45, 7) is 5.09. The summed E-state index contributed by atoms with van der Waals surface area (Å²) in [4.78, 5) is 2.46. The van der Waals surface area contributed by atoms with Gasteiger partial charge in [0.15, 0.2) is 11.4 Å². The molecular formula is C22H26N4O5S.